The van der Waals surface area contributed by atoms with E-state index in [0.29, 0.717) is 6.54 Å². The highest BCUT2D eigenvalue weighted by Gasteiger charge is 2.29. The second kappa shape index (κ2) is 7.54. The van der Waals surface area contributed by atoms with Crippen LogP contribution in [0.4, 0.5) is 0 Å². The van der Waals surface area contributed by atoms with Gasteiger partial charge in [0.05, 0.1) is 7.11 Å². The minimum Gasteiger partial charge on any atom is -0.466 e. The van der Waals surface area contributed by atoms with Crippen molar-refractivity contribution in [3.63, 3.8) is 0 Å². The van der Waals surface area contributed by atoms with Crippen LogP contribution in [-0.4, -0.2) is 50.2 Å². The molecular weight excluding hydrogens is 316 g/mol. The number of hydrogen-bond acceptors (Lipinski definition) is 4. The Labute approximate surface area is 136 Å². The molecule has 124 valence electrons. The summed E-state index contributed by atoms with van der Waals surface area (Å²) in [6.07, 6.45) is 4.69. The van der Waals surface area contributed by atoms with Crippen LogP contribution in [0.25, 0.3) is 0 Å². The molecule has 1 aromatic rings. The van der Waals surface area contributed by atoms with Crippen LogP contribution in [0.3, 0.4) is 0 Å². The molecule has 0 aromatic heterocycles. The molecule has 0 N–H and O–H groups in total. The molecular formula is C16H20N2O4S. The molecule has 0 atom stereocenters. The highest BCUT2D eigenvalue weighted by atomic mass is 32.2. The van der Waals surface area contributed by atoms with Gasteiger partial charge in [0.25, 0.3) is 10.2 Å². The molecule has 2 rings (SSSR count). The number of methoxy groups -OCH3 is 1. The monoisotopic (exact) mass is 336 g/mol. The summed E-state index contributed by atoms with van der Waals surface area (Å²) in [6, 6.07) is 9.43. The summed E-state index contributed by atoms with van der Waals surface area (Å²) < 4.78 is 32.4. The lowest BCUT2D eigenvalue weighted by Crippen LogP contribution is -2.40. The van der Waals surface area contributed by atoms with Crippen molar-refractivity contribution in [2.75, 3.05) is 27.2 Å². The minimum atomic E-state index is -3.55. The fourth-order valence-corrected chi connectivity index (χ4v) is 3.49. The van der Waals surface area contributed by atoms with Crippen molar-refractivity contribution in [2.24, 2.45) is 0 Å². The molecule has 1 aliphatic heterocycles. The summed E-state index contributed by atoms with van der Waals surface area (Å²) in [7, 11) is -0.725. The fraction of sp³-hybridized carbons (Fsp3) is 0.312. The van der Waals surface area contributed by atoms with E-state index in [9.17, 15) is 13.2 Å². The molecule has 23 heavy (non-hydrogen) atoms. The molecule has 6 nitrogen and oxygen atoms in total. The van der Waals surface area contributed by atoms with Crippen LogP contribution in [0.1, 0.15) is 5.56 Å². The third-order valence-corrected chi connectivity index (χ3v) is 5.37. The maximum absolute atomic E-state index is 12.6. The van der Waals surface area contributed by atoms with Crippen molar-refractivity contribution >= 4 is 16.2 Å². The largest absolute Gasteiger partial charge is 0.466 e. The van der Waals surface area contributed by atoms with Crippen molar-refractivity contribution in [2.45, 2.75) is 6.54 Å². The fourth-order valence-electron chi connectivity index (χ4n) is 2.21. The molecule has 0 saturated heterocycles. The summed E-state index contributed by atoms with van der Waals surface area (Å²) in [4.78, 5) is 11.2. The van der Waals surface area contributed by atoms with Gasteiger partial charge in [0.15, 0.2) is 0 Å². The van der Waals surface area contributed by atoms with E-state index in [2.05, 4.69) is 4.74 Å². The van der Waals surface area contributed by atoms with Crippen LogP contribution < -0.4 is 0 Å². The zero-order valence-electron chi connectivity index (χ0n) is 13.2. The maximum atomic E-state index is 12.6. The Bertz CT molecular complexity index is 711. The summed E-state index contributed by atoms with van der Waals surface area (Å²) in [5.74, 6) is -0.471. The smallest absolute Gasteiger partial charge is 0.330 e. The second-order valence-electron chi connectivity index (χ2n) is 5.18. The van der Waals surface area contributed by atoms with E-state index in [0.717, 1.165) is 11.1 Å². The maximum Gasteiger partial charge on any atom is 0.330 e. The number of esters is 1. The first-order valence-corrected chi connectivity index (χ1v) is 8.53. The first-order chi connectivity index (χ1) is 10.9. The average Bonchev–Trinajstić information content (AvgIpc) is 2.65. The van der Waals surface area contributed by atoms with Gasteiger partial charge >= 0.3 is 5.97 Å². The van der Waals surface area contributed by atoms with Gasteiger partial charge in [-0.15, -0.1) is 0 Å². The Morgan fingerprint density at radius 2 is 2.00 bits per heavy atom. The van der Waals surface area contributed by atoms with Crippen LogP contribution in [-0.2, 0) is 26.3 Å². The molecule has 1 heterocycles. The van der Waals surface area contributed by atoms with E-state index in [-0.39, 0.29) is 13.1 Å². The van der Waals surface area contributed by atoms with E-state index in [1.165, 1.54) is 28.8 Å². The van der Waals surface area contributed by atoms with Gasteiger partial charge in [-0.3, -0.25) is 0 Å². The zero-order chi connectivity index (χ0) is 16.9. The van der Waals surface area contributed by atoms with Crippen molar-refractivity contribution < 1.29 is 17.9 Å². The van der Waals surface area contributed by atoms with E-state index < -0.39 is 16.2 Å². The highest BCUT2D eigenvalue weighted by molar-refractivity contribution is 7.86. The summed E-state index contributed by atoms with van der Waals surface area (Å²) in [5.41, 5.74) is 1.67. The molecule has 0 bridgehead atoms. The number of hydrogen-bond donors (Lipinski definition) is 0. The van der Waals surface area contributed by atoms with Gasteiger partial charge in [-0.2, -0.15) is 17.0 Å². The average molecular weight is 336 g/mol. The summed E-state index contributed by atoms with van der Waals surface area (Å²) >= 11 is 0. The standard InChI is InChI=1S/C16H20N2O4S/c1-17-12-15(8-9-16(19)22-2)10-11-18(23(17,20)21)13-14-6-4-3-5-7-14/h3-10H,11-13H2,1-2H3. The minimum absolute atomic E-state index is 0.209. The first-order valence-electron chi connectivity index (χ1n) is 7.14. The van der Waals surface area contributed by atoms with Crippen molar-refractivity contribution in [3.8, 4) is 0 Å². The Morgan fingerprint density at radius 1 is 1.30 bits per heavy atom. The van der Waals surface area contributed by atoms with Crippen LogP contribution in [0, 0.1) is 0 Å². The Kier molecular flexibility index (Phi) is 5.70. The van der Waals surface area contributed by atoms with Gasteiger partial charge in [0, 0.05) is 32.8 Å². The topological polar surface area (TPSA) is 66.9 Å². The number of likely N-dealkylation sites (N-methyl/N-ethyl adjacent to an activating group) is 1. The normalized spacial score (nSPS) is 19.3. The summed E-state index contributed by atoms with van der Waals surface area (Å²) in [6.45, 7) is 0.765. The molecule has 1 aromatic carbocycles. The SMILES string of the molecule is COC(=O)C=CC1=CCN(Cc2ccccc2)S(=O)(=O)N(C)C1. The van der Waals surface area contributed by atoms with Crippen LogP contribution >= 0.6 is 0 Å². The van der Waals surface area contributed by atoms with Gasteiger partial charge in [0.2, 0.25) is 0 Å². The van der Waals surface area contributed by atoms with Gasteiger partial charge in [-0.05, 0) is 11.1 Å². The molecule has 1 aliphatic rings. The Morgan fingerprint density at radius 3 is 2.65 bits per heavy atom. The van der Waals surface area contributed by atoms with E-state index >= 15 is 0 Å². The van der Waals surface area contributed by atoms with Gasteiger partial charge in [-0.25, -0.2) is 4.79 Å². The Balaban J connectivity index is 2.20. The molecule has 0 aliphatic carbocycles. The Hall–Kier alpha value is -1.96. The van der Waals surface area contributed by atoms with Crippen LogP contribution in [0.5, 0.6) is 0 Å². The van der Waals surface area contributed by atoms with E-state index in [4.69, 9.17) is 0 Å². The predicted molar refractivity (Wildman–Crippen MR) is 87.6 cm³/mol. The molecule has 0 fully saturated rings. The number of benzene rings is 1. The van der Waals surface area contributed by atoms with Gasteiger partial charge < -0.3 is 4.74 Å². The van der Waals surface area contributed by atoms with E-state index in [1.54, 1.807) is 6.08 Å². The first kappa shape index (κ1) is 17.4. The third kappa shape index (κ3) is 4.51. The van der Waals surface area contributed by atoms with Crippen molar-refractivity contribution in [3.05, 3.63) is 59.7 Å². The second-order valence-corrected chi connectivity index (χ2v) is 7.21. The summed E-state index contributed by atoms with van der Waals surface area (Å²) in [5, 5.41) is 0. The molecule has 0 spiro atoms. The zero-order valence-corrected chi connectivity index (χ0v) is 14.0. The van der Waals surface area contributed by atoms with Gasteiger partial charge in [0.1, 0.15) is 0 Å². The number of nitrogens with zero attached hydrogens (tertiary/aromatic N) is 2. The number of ether oxygens (including phenoxy) is 1. The third-order valence-electron chi connectivity index (χ3n) is 3.52. The molecule has 0 unspecified atom stereocenters. The quantitative estimate of drug-likeness (QED) is 0.615. The van der Waals surface area contributed by atoms with Crippen LogP contribution in [0.15, 0.2) is 54.1 Å². The molecule has 0 amide bonds. The molecule has 7 heteroatoms. The lowest BCUT2D eigenvalue weighted by Gasteiger charge is -2.24. The predicted octanol–water partition coefficient (Wildman–Crippen LogP) is 1.33. The highest BCUT2D eigenvalue weighted by Crippen LogP contribution is 2.18. The lowest BCUT2D eigenvalue weighted by atomic mass is 10.2. The van der Waals surface area contributed by atoms with E-state index in [1.807, 2.05) is 36.4 Å². The lowest BCUT2D eigenvalue weighted by molar-refractivity contribution is -0.134. The number of carbonyl (C=O) groups excluding carboxylic acids is 1. The van der Waals surface area contributed by atoms with Gasteiger partial charge in [-0.1, -0.05) is 42.5 Å². The van der Waals surface area contributed by atoms with Crippen molar-refractivity contribution in [1.29, 1.82) is 0 Å². The van der Waals surface area contributed by atoms with Crippen molar-refractivity contribution in [1.82, 2.24) is 8.61 Å². The number of rotatable bonds is 4. The number of carbonyl (C=O) groups is 1. The molecule has 0 radical (unpaired) electrons. The van der Waals surface area contributed by atoms with Crippen LogP contribution in [0.2, 0.25) is 0 Å². The molecule has 0 saturated carbocycles.